The summed E-state index contributed by atoms with van der Waals surface area (Å²) in [4.78, 5) is 0. The molecule has 0 aliphatic rings. The molecule has 0 atom stereocenters. The predicted octanol–water partition coefficient (Wildman–Crippen LogP) is 14.3. The molecule has 0 amide bonds. The van der Waals surface area contributed by atoms with Crippen LogP contribution in [0.3, 0.4) is 0 Å². The van der Waals surface area contributed by atoms with Crippen molar-refractivity contribution in [3.05, 3.63) is 191 Å². The molecule has 10 rings (SSSR count). The second kappa shape index (κ2) is 15.8. The average molecular weight is 898 g/mol. The fourth-order valence-corrected chi connectivity index (χ4v) is 9.26. The lowest BCUT2D eigenvalue weighted by atomic mass is 9.90. The molecule has 2 heterocycles. The van der Waals surface area contributed by atoms with Gasteiger partial charge in [0.1, 0.15) is 6.07 Å². The Morgan fingerprint density at radius 1 is 0.353 bits per heavy atom. The van der Waals surface area contributed by atoms with E-state index in [1.807, 2.05) is 12.1 Å². The highest BCUT2D eigenvalue weighted by Crippen LogP contribution is 2.49. The lowest BCUT2D eigenvalue weighted by Gasteiger charge is -2.24. The largest absolute Gasteiger partial charge is 0.417 e. The molecule has 0 fully saturated rings. The van der Waals surface area contributed by atoms with Crippen LogP contribution in [0.15, 0.2) is 152 Å². The van der Waals surface area contributed by atoms with Crippen molar-refractivity contribution in [3.63, 3.8) is 0 Å². The standard InChI is InChI=1S/C55H25F6N7/c56-54(57,58)45-8-5-9-46(55(59,60)61)53(45)44-25-49(67-47-10-3-1-6-40(47)42-18-14-33(22-50(42)67)38-16-12-31(26-62)20-35(38)28-64)37(30-66)24-52(44)68-48-11-4-2-7-41(48)43-19-15-34(23-51(43)68)39-17-13-32(27-63)21-36(39)29-65/h1-25H. The van der Waals surface area contributed by atoms with Gasteiger partial charge >= 0.3 is 12.4 Å². The summed E-state index contributed by atoms with van der Waals surface area (Å²) >= 11 is 0. The van der Waals surface area contributed by atoms with Crippen LogP contribution in [0.4, 0.5) is 26.3 Å². The van der Waals surface area contributed by atoms with E-state index < -0.39 is 34.6 Å². The minimum atomic E-state index is -5.29. The fraction of sp³-hybridized carbons (Fsp3) is 0.0364. The first-order chi connectivity index (χ1) is 32.8. The van der Waals surface area contributed by atoms with Crippen LogP contribution < -0.4 is 0 Å². The minimum Gasteiger partial charge on any atom is -0.309 e. The summed E-state index contributed by atoms with van der Waals surface area (Å²) in [7, 11) is 0. The lowest BCUT2D eigenvalue weighted by molar-refractivity contribution is -0.142. The van der Waals surface area contributed by atoms with Gasteiger partial charge in [-0.3, -0.25) is 0 Å². The first-order valence-electron chi connectivity index (χ1n) is 20.6. The highest BCUT2D eigenvalue weighted by Gasteiger charge is 2.42. The molecule has 68 heavy (non-hydrogen) atoms. The maximum Gasteiger partial charge on any atom is 0.417 e. The highest BCUT2D eigenvalue weighted by atomic mass is 19.4. The Morgan fingerprint density at radius 2 is 0.794 bits per heavy atom. The van der Waals surface area contributed by atoms with Gasteiger partial charge < -0.3 is 9.13 Å². The van der Waals surface area contributed by atoms with E-state index in [9.17, 15) is 26.3 Å². The van der Waals surface area contributed by atoms with Gasteiger partial charge in [0.2, 0.25) is 0 Å². The van der Waals surface area contributed by atoms with Gasteiger partial charge in [0.15, 0.2) is 0 Å². The van der Waals surface area contributed by atoms with Gasteiger partial charge in [-0.2, -0.15) is 52.7 Å². The van der Waals surface area contributed by atoms with Crippen molar-refractivity contribution in [2.75, 3.05) is 0 Å². The van der Waals surface area contributed by atoms with Crippen LogP contribution >= 0.6 is 0 Å². The maximum atomic E-state index is 15.4. The van der Waals surface area contributed by atoms with Crippen LogP contribution in [-0.4, -0.2) is 9.13 Å². The zero-order chi connectivity index (χ0) is 47.6. The van der Waals surface area contributed by atoms with Gasteiger partial charge in [-0.15, -0.1) is 0 Å². The fourth-order valence-electron chi connectivity index (χ4n) is 9.26. The smallest absolute Gasteiger partial charge is 0.309 e. The van der Waals surface area contributed by atoms with Gasteiger partial charge in [-0.1, -0.05) is 78.9 Å². The number of alkyl halides is 6. The van der Waals surface area contributed by atoms with E-state index in [2.05, 4.69) is 18.2 Å². The zero-order valence-electron chi connectivity index (χ0n) is 34.8. The Kier molecular flexibility index (Phi) is 9.85. The van der Waals surface area contributed by atoms with Crippen molar-refractivity contribution in [2.24, 2.45) is 0 Å². The van der Waals surface area contributed by atoms with Crippen molar-refractivity contribution >= 4 is 43.6 Å². The number of aromatic nitrogens is 2. The molecule has 0 N–H and O–H groups in total. The molecule has 0 saturated heterocycles. The molecule has 0 saturated carbocycles. The lowest BCUT2D eigenvalue weighted by Crippen LogP contribution is -2.15. The molecule has 0 aliphatic carbocycles. The molecule has 0 bridgehead atoms. The number of hydrogen-bond acceptors (Lipinski definition) is 5. The molecule has 0 unspecified atom stereocenters. The molecule has 0 aliphatic heterocycles. The first kappa shape index (κ1) is 42.3. The monoisotopic (exact) mass is 897 g/mol. The Morgan fingerprint density at radius 3 is 1.24 bits per heavy atom. The van der Waals surface area contributed by atoms with E-state index in [0.717, 1.165) is 0 Å². The van der Waals surface area contributed by atoms with Crippen molar-refractivity contribution in [1.82, 2.24) is 9.13 Å². The van der Waals surface area contributed by atoms with Crippen LogP contribution in [-0.2, 0) is 12.4 Å². The summed E-state index contributed by atoms with van der Waals surface area (Å²) in [6.07, 6.45) is -10.6. The highest BCUT2D eigenvalue weighted by molar-refractivity contribution is 6.12. The number of halogens is 6. The number of hydrogen-bond donors (Lipinski definition) is 0. The van der Waals surface area contributed by atoms with Gasteiger partial charge in [-0.05, 0) is 95.1 Å². The SMILES string of the molecule is N#Cc1ccc(-c2ccc3c4ccccc4n(-c4cc(-c5c(C(F)(F)F)cccc5C(F)(F)F)c(-n5c6ccccc6c6ccc(-c7ccc(C#N)cc7C#N)cc65)cc4C#N)c3c2)c(C#N)c1. The average Bonchev–Trinajstić information content (AvgIpc) is 3.86. The molecule has 2 aromatic heterocycles. The van der Waals surface area contributed by atoms with E-state index in [1.54, 1.807) is 108 Å². The van der Waals surface area contributed by atoms with Crippen molar-refractivity contribution in [2.45, 2.75) is 12.4 Å². The third-order valence-electron chi connectivity index (χ3n) is 12.2. The third-order valence-corrected chi connectivity index (χ3v) is 12.2. The molecule has 0 radical (unpaired) electrons. The topological polar surface area (TPSA) is 129 Å². The normalized spacial score (nSPS) is 11.6. The molecule has 13 heteroatoms. The van der Waals surface area contributed by atoms with Crippen molar-refractivity contribution in [3.8, 4) is 75.1 Å². The van der Waals surface area contributed by atoms with Crippen LogP contribution in [0.2, 0.25) is 0 Å². The number of fused-ring (bicyclic) bond motifs is 6. The molecular weight excluding hydrogens is 873 g/mol. The van der Waals surface area contributed by atoms with E-state index in [4.69, 9.17) is 0 Å². The zero-order valence-corrected chi connectivity index (χ0v) is 34.8. The van der Waals surface area contributed by atoms with E-state index in [-0.39, 0.29) is 39.2 Å². The first-order valence-corrected chi connectivity index (χ1v) is 20.6. The molecule has 7 nitrogen and oxygen atoms in total. The Bertz CT molecular complexity index is 3990. The van der Waals surface area contributed by atoms with Crippen LogP contribution in [0.25, 0.3) is 88.4 Å². The van der Waals surface area contributed by atoms with E-state index >= 15 is 26.3 Å². The maximum absolute atomic E-state index is 15.4. The minimum absolute atomic E-state index is 0.0299. The van der Waals surface area contributed by atoms with Crippen LogP contribution in [0, 0.1) is 56.7 Å². The van der Waals surface area contributed by atoms with Gasteiger partial charge in [0.05, 0.1) is 96.7 Å². The summed E-state index contributed by atoms with van der Waals surface area (Å²) < 4.78 is 95.4. The second-order valence-electron chi connectivity index (χ2n) is 15.9. The molecule has 8 aromatic carbocycles. The number of rotatable bonds is 5. The molecule has 0 spiro atoms. The van der Waals surface area contributed by atoms with Crippen LogP contribution in [0.1, 0.15) is 38.9 Å². The summed E-state index contributed by atoms with van der Waals surface area (Å²) in [6, 6.07) is 48.4. The molecule has 322 valence electrons. The summed E-state index contributed by atoms with van der Waals surface area (Å²) in [5, 5.41) is 52.9. The third kappa shape index (κ3) is 6.73. The Labute approximate surface area is 382 Å². The van der Waals surface area contributed by atoms with Gasteiger partial charge in [0, 0.05) is 32.7 Å². The Balaban J connectivity index is 1.37. The number of para-hydroxylation sites is 2. The molecular formula is C55H25F6N7. The molecule has 10 aromatic rings. The summed E-state index contributed by atoms with van der Waals surface area (Å²) in [5.41, 5.74) is -0.733. The Hall–Kier alpha value is -9.61. The van der Waals surface area contributed by atoms with E-state index in [0.29, 0.717) is 84.1 Å². The number of benzene rings is 8. The quantitative estimate of drug-likeness (QED) is 0.159. The van der Waals surface area contributed by atoms with E-state index in [1.165, 1.54) is 34.9 Å². The summed E-state index contributed by atoms with van der Waals surface area (Å²) in [5.74, 6) is 0. The van der Waals surface area contributed by atoms with Gasteiger partial charge in [-0.25, -0.2) is 0 Å². The second-order valence-corrected chi connectivity index (χ2v) is 15.9. The number of nitrogens with zero attached hydrogens (tertiary/aromatic N) is 7. The predicted molar refractivity (Wildman–Crippen MR) is 245 cm³/mol. The van der Waals surface area contributed by atoms with Gasteiger partial charge in [0.25, 0.3) is 0 Å². The summed E-state index contributed by atoms with van der Waals surface area (Å²) in [6.45, 7) is 0. The van der Waals surface area contributed by atoms with Crippen molar-refractivity contribution < 1.29 is 26.3 Å². The number of nitriles is 5. The van der Waals surface area contributed by atoms with Crippen LogP contribution in [0.5, 0.6) is 0 Å². The van der Waals surface area contributed by atoms with Crippen molar-refractivity contribution in [1.29, 1.82) is 26.3 Å².